The third-order valence-electron chi connectivity index (χ3n) is 4.06. The molecule has 0 nitrogen and oxygen atoms in total. The van der Waals surface area contributed by atoms with Crippen molar-refractivity contribution in [1.82, 2.24) is 0 Å². The Bertz CT molecular complexity index is 632. The zero-order valence-electron chi connectivity index (χ0n) is 14.2. The standard InChI is InChI=1S/C20H21Si.3ClH.Ti/c1-2-3-5-10-16-15-20(19-14-9-8-13-18(16)19)21-17-11-6-4-7-12-17;;;;/h4,6-9,11-14,16H,2-3,5,10H2,1H3;3*1H;/q-1;;;;+4/p-3. The van der Waals surface area contributed by atoms with Gasteiger partial charge in [-0.1, -0.05) is 92.2 Å². The van der Waals surface area contributed by atoms with Crippen molar-refractivity contribution in [2.45, 2.75) is 38.5 Å². The van der Waals surface area contributed by atoms with Crippen molar-refractivity contribution in [3.8, 4) is 0 Å². The summed E-state index contributed by atoms with van der Waals surface area (Å²) >= 11 is 0. The molecule has 2 aromatic carbocycles. The molecule has 0 aromatic heterocycles. The molecule has 1 aliphatic rings. The molecule has 2 aromatic rings. The average molecular weight is 444 g/mol. The third kappa shape index (κ3) is 7.25. The van der Waals surface area contributed by atoms with Crippen molar-refractivity contribution in [2.75, 3.05) is 0 Å². The van der Waals surface area contributed by atoms with Gasteiger partial charge < -0.3 is 37.2 Å². The van der Waals surface area contributed by atoms with Gasteiger partial charge in [-0.25, -0.2) is 5.20 Å². The second-order valence-corrected chi connectivity index (χ2v) is 6.97. The molecule has 25 heavy (non-hydrogen) atoms. The molecule has 5 heteroatoms. The van der Waals surface area contributed by atoms with Crippen molar-refractivity contribution < 1.29 is 58.9 Å². The molecule has 0 bridgehead atoms. The second-order valence-electron chi connectivity index (χ2n) is 5.65. The van der Waals surface area contributed by atoms with E-state index in [1.165, 1.54) is 47.2 Å². The molecule has 0 saturated heterocycles. The molecule has 0 aliphatic heterocycles. The first-order valence-corrected chi connectivity index (χ1v) is 8.93. The summed E-state index contributed by atoms with van der Waals surface area (Å²) in [6, 6.07) is 19.7. The monoisotopic (exact) mass is 442 g/mol. The van der Waals surface area contributed by atoms with Gasteiger partial charge in [0, 0.05) is 0 Å². The maximum atomic E-state index is 3.79. The molecule has 0 heterocycles. The van der Waals surface area contributed by atoms with Gasteiger partial charge in [-0.05, 0) is 0 Å². The summed E-state index contributed by atoms with van der Waals surface area (Å²) in [6.45, 7) is 2.27. The van der Waals surface area contributed by atoms with Crippen molar-refractivity contribution in [1.29, 1.82) is 0 Å². The summed E-state index contributed by atoms with van der Waals surface area (Å²) in [5.41, 5.74) is 2.92. The van der Waals surface area contributed by atoms with Crippen molar-refractivity contribution >= 4 is 19.9 Å². The molecule has 0 amide bonds. The van der Waals surface area contributed by atoms with Crippen LogP contribution in [-0.4, -0.2) is 9.52 Å². The summed E-state index contributed by atoms with van der Waals surface area (Å²) in [6.07, 6.45) is 8.96. The van der Waals surface area contributed by atoms with Crippen LogP contribution < -0.4 is 42.4 Å². The minimum absolute atomic E-state index is 0. The van der Waals surface area contributed by atoms with E-state index in [4.69, 9.17) is 0 Å². The Hall–Kier alpha value is -0.0188. The van der Waals surface area contributed by atoms with Crippen LogP contribution >= 0.6 is 0 Å². The van der Waals surface area contributed by atoms with Crippen molar-refractivity contribution in [3.05, 3.63) is 71.8 Å². The number of hydrogen-bond acceptors (Lipinski definition) is 0. The Kier molecular flexibility index (Phi) is 15.3. The molecular formula is C20H21Cl3SiTi. The van der Waals surface area contributed by atoms with E-state index in [-0.39, 0.29) is 58.9 Å². The van der Waals surface area contributed by atoms with Crippen LogP contribution in [0.15, 0.2) is 54.6 Å². The predicted molar refractivity (Wildman–Crippen MR) is 91.8 cm³/mol. The van der Waals surface area contributed by atoms with E-state index >= 15 is 0 Å². The molecule has 0 fully saturated rings. The van der Waals surface area contributed by atoms with Crippen LogP contribution in [-0.2, 0) is 21.7 Å². The van der Waals surface area contributed by atoms with Crippen LogP contribution in [0.4, 0.5) is 0 Å². The number of benzene rings is 2. The number of allylic oxidation sites excluding steroid dienone is 1. The molecular weight excluding hydrogens is 423 g/mol. The van der Waals surface area contributed by atoms with Gasteiger partial charge in [-0.2, -0.15) is 5.56 Å². The number of rotatable bonds is 6. The SMILES string of the molecule is CCCCCC1[C-]=C([Si]c2ccccc2)c2ccccc21.[Cl-].[Cl-].[Cl-].[Ti+4]. The molecule has 1 unspecified atom stereocenters. The molecule has 0 saturated carbocycles. The average Bonchev–Trinajstić information content (AvgIpc) is 2.87. The van der Waals surface area contributed by atoms with E-state index < -0.39 is 0 Å². The number of halogens is 3. The van der Waals surface area contributed by atoms with Gasteiger partial charge in [0.2, 0.25) is 0 Å². The number of fused-ring (bicyclic) bond motifs is 1. The van der Waals surface area contributed by atoms with Gasteiger partial charge in [0.05, 0.1) is 9.52 Å². The van der Waals surface area contributed by atoms with E-state index in [1.54, 1.807) is 0 Å². The summed E-state index contributed by atoms with van der Waals surface area (Å²) in [7, 11) is 0.722. The smallest absolute Gasteiger partial charge is 1.00 e. The molecule has 0 N–H and O–H groups in total. The normalized spacial score (nSPS) is 14.0. The van der Waals surface area contributed by atoms with Gasteiger partial charge in [-0.3, -0.25) is 6.08 Å². The topological polar surface area (TPSA) is 0 Å². The first-order valence-electron chi connectivity index (χ1n) is 7.93. The quantitative estimate of drug-likeness (QED) is 0.240. The van der Waals surface area contributed by atoms with Crippen LogP contribution in [0.2, 0.25) is 0 Å². The van der Waals surface area contributed by atoms with Gasteiger partial charge in [0.25, 0.3) is 0 Å². The summed E-state index contributed by atoms with van der Waals surface area (Å²) in [5.74, 6) is 0.513. The van der Waals surface area contributed by atoms with Crippen LogP contribution in [0.25, 0.3) is 5.20 Å². The first-order chi connectivity index (χ1) is 10.4. The minimum Gasteiger partial charge on any atom is -1.00 e. The van der Waals surface area contributed by atoms with E-state index in [0.717, 1.165) is 9.52 Å². The Labute approximate surface area is 188 Å². The van der Waals surface area contributed by atoms with Crippen LogP contribution in [0.1, 0.15) is 49.7 Å². The van der Waals surface area contributed by atoms with Gasteiger partial charge in [0.1, 0.15) is 0 Å². The maximum Gasteiger partial charge on any atom is 4.00 e. The minimum atomic E-state index is 0. The van der Waals surface area contributed by atoms with E-state index in [9.17, 15) is 0 Å². The fourth-order valence-corrected chi connectivity index (χ4v) is 4.21. The summed E-state index contributed by atoms with van der Waals surface area (Å²) < 4.78 is 0. The van der Waals surface area contributed by atoms with Crippen LogP contribution in [0.3, 0.4) is 0 Å². The molecule has 0 spiro atoms. The fraction of sp³-hybridized carbons (Fsp3) is 0.300. The fourth-order valence-electron chi connectivity index (χ4n) is 2.95. The maximum absolute atomic E-state index is 3.79. The summed E-state index contributed by atoms with van der Waals surface area (Å²) in [4.78, 5) is 0. The zero-order valence-corrected chi connectivity index (χ0v) is 19.1. The molecule has 1 atom stereocenters. The predicted octanol–water partition coefficient (Wildman–Crippen LogP) is -4.45. The Morgan fingerprint density at radius 1 is 0.880 bits per heavy atom. The van der Waals surface area contributed by atoms with Crippen molar-refractivity contribution in [3.63, 3.8) is 0 Å². The number of unbranched alkanes of at least 4 members (excludes halogenated alkanes) is 2. The van der Waals surface area contributed by atoms with Gasteiger partial charge in [0.15, 0.2) is 0 Å². The third-order valence-corrected chi connectivity index (χ3v) is 5.35. The molecule has 3 rings (SSSR count). The Morgan fingerprint density at radius 3 is 2.20 bits per heavy atom. The number of hydrogen-bond donors (Lipinski definition) is 0. The second kappa shape index (κ2) is 14.1. The van der Waals surface area contributed by atoms with E-state index in [0.29, 0.717) is 5.92 Å². The summed E-state index contributed by atoms with van der Waals surface area (Å²) in [5, 5.41) is 2.82. The van der Waals surface area contributed by atoms with Gasteiger partial charge in [-0.15, -0.1) is 11.6 Å². The zero-order chi connectivity index (χ0) is 14.5. The Morgan fingerprint density at radius 2 is 1.52 bits per heavy atom. The van der Waals surface area contributed by atoms with Crippen LogP contribution in [0, 0.1) is 6.08 Å². The van der Waals surface area contributed by atoms with Crippen molar-refractivity contribution in [2.24, 2.45) is 0 Å². The van der Waals surface area contributed by atoms with E-state index in [2.05, 4.69) is 67.6 Å². The largest absolute Gasteiger partial charge is 4.00 e. The molecule has 130 valence electrons. The van der Waals surface area contributed by atoms with E-state index in [1.807, 2.05) is 0 Å². The molecule has 1 aliphatic carbocycles. The molecule has 2 radical (unpaired) electrons. The van der Waals surface area contributed by atoms with Gasteiger partial charge >= 0.3 is 21.7 Å². The Balaban J connectivity index is 0. The van der Waals surface area contributed by atoms with Crippen LogP contribution in [0.5, 0.6) is 0 Å². The first kappa shape index (κ1) is 27.2.